The lowest BCUT2D eigenvalue weighted by atomic mass is 10.1. The number of hydrogen-bond donors (Lipinski definition) is 2. The van der Waals surface area contributed by atoms with Crippen LogP contribution in [-0.2, 0) is 11.3 Å². The zero-order chi connectivity index (χ0) is 19.9. The lowest BCUT2D eigenvalue weighted by molar-refractivity contribution is -0.117. The molecule has 0 unspecified atom stereocenters. The third-order valence-electron chi connectivity index (χ3n) is 4.93. The molecule has 1 aliphatic heterocycles. The van der Waals surface area contributed by atoms with Gasteiger partial charge in [0.15, 0.2) is 0 Å². The molecule has 6 nitrogen and oxygen atoms in total. The van der Waals surface area contributed by atoms with Gasteiger partial charge in [0.2, 0.25) is 5.91 Å². The normalized spacial score (nSPS) is 14.6. The minimum atomic E-state index is -0.0515. The van der Waals surface area contributed by atoms with E-state index in [1.807, 2.05) is 67.3 Å². The van der Waals surface area contributed by atoms with Crippen molar-refractivity contribution in [2.24, 2.45) is 0 Å². The second kappa shape index (κ2) is 9.37. The van der Waals surface area contributed by atoms with Crippen LogP contribution in [0.3, 0.4) is 0 Å². The monoisotopic (exact) mass is 380 g/mol. The van der Waals surface area contributed by atoms with Crippen LogP contribution in [0.1, 0.15) is 16.7 Å². The first kappa shape index (κ1) is 19.9. The summed E-state index contributed by atoms with van der Waals surface area (Å²) in [5.74, 6) is -0.0267. The van der Waals surface area contributed by atoms with Crippen LogP contribution in [0.5, 0.6) is 0 Å². The first-order chi connectivity index (χ1) is 13.5. The van der Waals surface area contributed by atoms with Crippen LogP contribution >= 0.6 is 0 Å². The molecule has 0 spiro atoms. The maximum absolute atomic E-state index is 12.4. The van der Waals surface area contributed by atoms with Crippen molar-refractivity contribution >= 4 is 17.6 Å². The quantitative estimate of drug-likeness (QED) is 0.838. The first-order valence-corrected chi connectivity index (χ1v) is 9.67. The predicted molar refractivity (Wildman–Crippen MR) is 111 cm³/mol. The van der Waals surface area contributed by atoms with Crippen LogP contribution in [0, 0.1) is 13.8 Å². The minimum Gasteiger partial charge on any atom is -0.334 e. The molecule has 0 aliphatic carbocycles. The van der Waals surface area contributed by atoms with E-state index in [1.54, 1.807) is 0 Å². The molecule has 148 valence electrons. The molecule has 0 aromatic heterocycles. The van der Waals surface area contributed by atoms with E-state index in [2.05, 4.69) is 15.5 Å². The van der Waals surface area contributed by atoms with Crippen LogP contribution < -0.4 is 10.6 Å². The van der Waals surface area contributed by atoms with Crippen molar-refractivity contribution in [2.75, 3.05) is 38.0 Å². The number of nitrogens with one attached hydrogen (secondary N) is 2. The molecule has 3 amide bonds. The Morgan fingerprint density at radius 1 is 0.857 bits per heavy atom. The lowest BCUT2D eigenvalue weighted by Crippen LogP contribution is -2.52. The van der Waals surface area contributed by atoms with Gasteiger partial charge in [0.1, 0.15) is 0 Å². The molecule has 0 radical (unpaired) electrons. The van der Waals surface area contributed by atoms with Gasteiger partial charge in [-0.05, 0) is 31.5 Å². The summed E-state index contributed by atoms with van der Waals surface area (Å²) in [5, 5.41) is 5.89. The summed E-state index contributed by atoms with van der Waals surface area (Å²) in [6.07, 6.45) is 0. The summed E-state index contributed by atoms with van der Waals surface area (Å²) in [6, 6.07) is 15.9. The minimum absolute atomic E-state index is 0.0267. The second-order valence-corrected chi connectivity index (χ2v) is 7.32. The summed E-state index contributed by atoms with van der Waals surface area (Å²) < 4.78 is 0. The molecule has 0 saturated carbocycles. The molecule has 6 heteroatoms. The van der Waals surface area contributed by atoms with E-state index in [0.717, 1.165) is 16.8 Å². The number of piperazine rings is 1. The third-order valence-corrected chi connectivity index (χ3v) is 4.93. The van der Waals surface area contributed by atoms with Gasteiger partial charge in [-0.25, -0.2) is 4.79 Å². The third kappa shape index (κ3) is 5.82. The summed E-state index contributed by atoms with van der Waals surface area (Å²) in [7, 11) is 0. The van der Waals surface area contributed by atoms with E-state index in [1.165, 1.54) is 5.56 Å². The standard InChI is InChI=1S/C22H28N4O2/c1-17-3-7-19(8-4-17)15-23-22(28)26-13-11-25(12-14-26)16-21(27)24-20-9-5-18(2)6-10-20/h3-10H,11-16H2,1-2H3,(H,23,28)(H,24,27). The Bertz CT molecular complexity index is 794. The highest BCUT2D eigenvalue weighted by molar-refractivity contribution is 5.92. The summed E-state index contributed by atoms with van der Waals surface area (Å²) >= 11 is 0. The van der Waals surface area contributed by atoms with Gasteiger partial charge in [-0.1, -0.05) is 47.5 Å². The molecule has 0 bridgehead atoms. The van der Waals surface area contributed by atoms with Crippen molar-refractivity contribution in [1.29, 1.82) is 0 Å². The highest BCUT2D eigenvalue weighted by Gasteiger charge is 2.22. The van der Waals surface area contributed by atoms with Crippen LogP contribution in [-0.4, -0.2) is 54.5 Å². The number of amides is 3. The van der Waals surface area contributed by atoms with Gasteiger partial charge in [-0.3, -0.25) is 9.69 Å². The molecule has 2 aromatic carbocycles. The number of benzene rings is 2. The maximum atomic E-state index is 12.4. The van der Waals surface area contributed by atoms with E-state index < -0.39 is 0 Å². The van der Waals surface area contributed by atoms with Crippen LogP contribution in [0.2, 0.25) is 0 Å². The summed E-state index contributed by atoms with van der Waals surface area (Å²) in [4.78, 5) is 28.5. The van der Waals surface area contributed by atoms with Crippen LogP contribution in [0.15, 0.2) is 48.5 Å². The number of carbonyl (C=O) groups excluding carboxylic acids is 2. The molecule has 1 heterocycles. The Balaban J connectivity index is 1.38. The zero-order valence-corrected chi connectivity index (χ0v) is 16.6. The number of nitrogens with zero attached hydrogens (tertiary/aromatic N) is 2. The summed E-state index contributed by atoms with van der Waals surface area (Å²) in [6.45, 7) is 7.56. The molecule has 2 N–H and O–H groups in total. The SMILES string of the molecule is Cc1ccc(CNC(=O)N2CCN(CC(=O)Nc3ccc(C)cc3)CC2)cc1. The Hall–Kier alpha value is -2.86. The Labute approximate surface area is 166 Å². The number of hydrogen-bond acceptors (Lipinski definition) is 3. The number of rotatable bonds is 5. The Morgan fingerprint density at radius 3 is 2.04 bits per heavy atom. The lowest BCUT2D eigenvalue weighted by Gasteiger charge is -2.34. The van der Waals surface area contributed by atoms with E-state index in [4.69, 9.17) is 0 Å². The Kier molecular flexibility index (Phi) is 6.66. The fourth-order valence-electron chi connectivity index (χ4n) is 3.14. The van der Waals surface area contributed by atoms with E-state index in [9.17, 15) is 9.59 Å². The average molecular weight is 380 g/mol. The number of aryl methyl sites for hydroxylation is 2. The largest absolute Gasteiger partial charge is 0.334 e. The fraction of sp³-hybridized carbons (Fsp3) is 0.364. The molecule has 1 aliphatic rings. The van der Waals surface area contributed by atoms with Gasteiger partial charge in [-0.2, -0.15) is 0 Å². The molecule has 28 heavy (non-hydrogen) atoms. The van der Waals surface area contributed by atoms with Crippen molar-refractivity contribution < 1.29 is 9.59 Å². The van der Waals surface area contributed by atoms with Crippen molar-refractivity contribution in [3.8, 4) is 0 Å². The van der Waals surface area contributed by atoms with Gasteiger partial charge in [0, 0.05) is 38.4 Å². The zero-order valence-electron chi connectivity index (χ0n) is 16.6. The second-order valence-electron chi connectivity index (χ2n) is 7.32. The Morgan fingerprint density at radius 2 is 1.43 bits per heavy atom. The van der Waals surface area contributed by atoms with Gasteiger partial charge >= 0.3 is 6.03 Å². The van der Waals surface area contributed by atoms with Gasteiger partial charge in [0.25, 0.3) is 0 Å². The first-order valence-electron chi connectivity index (χ1n) is 9.67. The molecule has 2 aromatic rings. The number of carbonyl (C=O) groups is 2. The maximum Gasteiger partial charge on any atom is 0.317 e. The molecular formula is C22H28N4O2. The number of anilines is 1. The van der Waals surface area contributed by atoms with Crippen LogP contribution in [0.25, 0.3) is 0 Å². The average Bonchev–Trinajstić information content (AvgIpc) is 2.69. The molecule has 0 atom stereocenters. The predicted octanol–water partition coefficient (Wildman–Crippen LogP) is 2.77. The number of urea groups is 1. The molecule has 1 fully saturated rings. The molecule has 1 saturated heterocycles. The van der Waals surface area contributed by atoms with Crippen molar-refractivity contribution in [3.05, 3.63) is 65.2 Å². The van der Waals surface area contributed by atoms with E-state index >= 15 is 0 Å². The van der Waals surface area contributed by atoms with Crippen molar-refractivity contribution in [1.82, 2.24) is 15.1 Å². The van der Waals surface area contributed by atoms with Gasteiger partial charge in [0.05, 0.1) is 6.54 Å². The van der Waals surface area contributed by atoms with Gasteiger partial charge in [-0.15, -0.1) is 0 Å². The molecule has 3 rings (SSSR count). The van der Waals surface area contributed by atoms with Crippen molar-refractivity contribution in [3.63, 3.8) is 0 Å². The fourth-order valence-corrected chi connectivity index (χ4v) is 3.14. The smallest absolute Gasteiger partial charge is 0.317 e. The van der Waals surface area contributed by atoms with E-state index in [0.29, 0.717) is 39.3 Å². The van der Waals surface area contributed by atoms with E-state index in [-0.39, 0.29) is 11.9 Å². The van der Waals surface area contributed by atoms with Gasteiger partial charge < -0.3 is 15.5 Å². The topological polar surface area (TPSA) is 64.7 Å². The molecular weight excluding hydrogens is 352 g/mol. The highest BCUT2D eigenvalue weighted by Crippen LogP contribution is 2.09. The van der Waals surface area contributed by atoms with Crippen LogP contribution in [0.4, 0.5) is 10.5 Å². The summed E-state index contributed by atoms with van der Waals surface area (Å²) in [5.41, 5.74) is 4.27. The van der Waals surface area contributed by atoms with Crippen molar-refractivity contribution in [2.45, 2.75) is 20.4 Å². The highest BCUT2D eigenvalue weighted by atomic mass is 16.2.